The Morgan fingerprint density at radius 3 is 1.76 bits per heavy atom. The number of unbranched alkanes of at least 4 members (excludes halogenated alkanes) is 5. The van der Waals surface area contributed by atoms with E-state index in [0.29, 0.717) is 13.2 Å². The summed E-state index contributed by atoms with van der Waals surface area (Å²) < 4.78 is 32.9. The van der Waals surface area contributed by atoms with Gasteiger partial charge in [-0.25, -0.2) is 0 Å². The first-order chi connectivity index (χ1) is 24.2. The molecule has 4 aromatic carbocycles. The lowest BCUT2D eigenvalue weighted by atomic mass is 9.80. The molecule has 5 rings (SSSR count). The molecule has 0 saturated carbocycles. The molecule has 6 nitrogen and oxygen atoms in total. The third kappa shape index (κ3) is 9.76. The second kappa shape index (κ2) is 19.5. The smallest absolute Gasteiger partial charge is 0.186 e. The van der Waals surface area contributed by atoms with Crippen LogP contribution < -0.4 is 0 Å². The summed E-state index contributed by atoms with van der Waals surface area (Å²) in [5, 5.41) is 11.9. The molecule has 1 aliphatic heterocycles. The highest BCUT2D eigenvalue weighted by Gasteiger charge is 2.49. The van der Waals surface area contributed by atoms with Crippen molar-refractivity contribution in [1.82, 2.24) is 0 Å². The summed E-state index contributed by atoms with van der Waals surface area (Å²) in [6.07, 6.45) is 4.54. The van der Waals surface area contributed by atoms with Gasteiger partial charge in [0.25, 0.3) is 0 Å². The molecule has 260 valence electrons. The van der Waals surface area contributed by atoms with Crippen LogP contribution in [-0.4, -0.2) is 55.6 Å². The van der Waals surface area contributed by atoms with Crippen molar-refractivity contribution in [3.63, 3.8) is 0 Å². The molecule has 0 amide bonds. The van der Waals surface area contributed by atoms with Gasteiger partial charge in [0.15, 0.2) is 6.29 Å². The van der Waals surface area contributed by atoms with Crippen molar-refractivity contribution in [2.24, 2.45) is 0 Å². The number of benzene rings is 4. The first kappa shape index (κ1) is 36.7. The van der Waals surface area contributed by atoms with Gasteiger partial charge in [0.2, 0.25) is 0 Å². The lowest BCUT2D eigenvalue weighted by molar-refractivity contribution is -0.320. The summed E-state index contributed by atoms with van der Waals surface area (Å²) in [7, 11) is 0. The van der Waals surface area contributed by atoms with Crippen LogP contribution in [0.15, 0.2) is 134 Å². The second-order valence-electron chi connectivity index (χ2n) is 12.6. The standard InChI is InChI=1S/C43H52O6/c1-3-5-6-7-8-21-31-46-42-41(47-32-34-22-13-9-14-23-34)40(45-30-4-2)39(44)38(49-42)33-48-43(35-24-15-10-16-25-35,36-26-17-11-18-27-36)37-28-19-12-20-29-37/h4,9-20,22-29,38-42,44H,2-3,5-8,21,30-33H2,1H3/t38-,39-,40+,41+,42-/m1/s1. The SMILES string of the molecule is C=CCO[C@H]1[C@H](O)[C@@H](COC(c2ccccc2)(c2ccccc2)c2ccccc2)O[C@@H](OCCCCCCCC)[C@H]1OCc1ccccc1. The fraction of sp³-hybridized carbons (Fsp3) is 0.395. The van der Waals surface area contributed by atoms with E-state index in [9.17, 15) is 5.11 Å². The maximum atomic E-state index is 11.9. The monoisotopic (exact) mass is 664 g/mol. The minimum Gasteiger partial charge on any atom is -0.387 e. The molecule has 0 bridgehead atoms. The highest BCUT2D eigenvalue weighted by molar-refractivity contribution is 5.47. The fourth-order valence-electron chi connectivity index (χ4n) is 6.53. The molecule has 49 heavy (non-hydrogen) atoms. The normalized spacial score (nSPS) is 21.0. The molecule has 1 heterocycles. The molecule has 6 heteroatoms. The largest absolute Gasteiger partial charge is 0.387 e. The second-order valence-corrected chi connectivity index (χ2v) is 12.6. The van der Waals surface area contributed by atoms with E-state index in [1.165, 1.54) is 25.7 Å². The lowest BCUT2D eigenvalue weighted by Crippen LogP contribution is -2.61. The molecule has 0 radical (unpaired) electrons. The van der Waals surface area contributed by atoms with Crippen molar-refractivity contribution in [2.45, 2.75) is 88.4 Å². The summed E-state index contributed by atoms with van der Waals surface area (Å²) in [6.45, 7) is 7.23. The molecule has 0 aromatic heterocycles. The van der Waals surface area contributed by atoms with Gasteiger partial charge in [0.05, 0.1) is 19.8 Å². The van der Waals surface area contributed by atoms with Crippen LogP contribution in [0, 0.1) is 0 Å². The van der Waals surface area contributed by atoms with Crippen LogP contribution >= 0.6 is 0 Å². The van der Waals surface area contributed by atoms with Crippen molar-refractivity contribution >= 4 is 0 Å². The van der Waals surface area contributed by atoms with Gasteiger partial charge in [-0.3, -0.25) is 0 Å². The number of hydrogen-bond donors (Lipinski definition) is 1. The van der Waals surface area contributed by atoms with Crippen LogP contribution in [0.5, 0.6) is 0 Å². The summed E-state index contributed by atoms with van der Waals surface area (Å²) >= 11 is 0. The Kier molecular flexibility index (Phi) is 14.6. The average molecular weight is 665 g/mol. The number of hydrogen-bond acceptors (Lipinski definition) is 6. The van der Waals surface area contributed by atoms with E-state index < -0.39 is 36.3 Å². The maximum Gasteiger partial charge on any atom is 0.186 e. The molecule has 0 unspecified atom stereocenters. The molecule has 1 fully saturated rings. The van der Waals surface area contributed by atoms with E-state index in [1.807, 2.05) is 84.9 Å². The van der Waals surface area contributed by atoms with Crippen LogP contribution in [0.4, 0.5) is 0 Å². The zero-order valence-corrected chi connectivity index (χ0v) is 28.8. The van der Waals surface area contributed by atoms with Gasteiger partial charge in [0, 0.05) is 6.61 Å². The zero-order chi connectivity index (χ0) is 34.2. The Hall–Kier alpha value is -3.62. The molecule has 1 aliphatic rings. The summed E-state index contributed by atoms with van der Waals surface area (Å²) in [4.78, 5) is 0. The zero-order valence-electron chi connectivity index (χ0n) is 28.8. The third-order valence-corrected chi connectivity index (χ3v) is 9.10. The molecule has 5 atom stereocenters. The van der Waals surface area contributed by atoms with Crippen molar-refractivity contribution < 1.29 is 28.8 Å². The highest BCUT2D eigenvalue weighted by atomic mass is 16.7. The Morgan fingerprint density at radius 2 is 1.20 bits per heavy atom. The van der Waals surface area contributed by atoms with E-state index >= 15 is 0 Å². The van der Waals surface area contributed by atoms with Gasteiger partial charge >= 0.3 is 0 Å². The topological polar surface area (TPSA) is 66.4 Å². The van der Waals surface area contributed by atoms with Crippen LogP contribution in [0.2, 0.25) is 0 Å². The highest BCUT2D eigenvalue weighted by Crippen LogP contribution is 2.41. The van der Waals surface area contributed by atoms with Crippen LogP contribution in [0.3, 0.4) is 0 Å². The van der Waals surface area contributed by atoms with E-state index in [4.69, 9.17) is 23.7 Å². The Balaban J connectivity index is 1.43. The minimum atomic E-state index is -1.06. The van der Waals surface area contributed by atoms with Gasteiger partial charge in [0.1, 0.15) is 30.0 Å². The molecule has 1 saturated heterocycles. The van der Waals surface area contributed by atoms with Gasteiger partial charge in [-0.1, -0.05) is 166 Å². The van der Waals surface area contributed by atoms with Crippen LogP contribution in [-0.2, 0) is 35.9 Å². The van der Waals surface area contributed by atoms with Gasteiger partial charge in [-0.15, -0.1) is 6.58 Å². The van der Waals surface area contributed by atoms with Gasteiger partial charge in [-0.05, 0) is 28.7 Å². The minimum absolute atomic E-state index is 0.0656. The molecule has 0 aliphatic carbocycles. The summed E-state index contributed by atoms with van der Waals surface area (Å²) in [5.74, 6) is 0. The number of rotatable bonds is 20. The first-order valence-electron chi connectivity index (χ1n) is 17.8. The number of ether oxygens (including phenoxy) is 5. The lowest BCUT2D eigenvalue weighted by Gasteiger charge is -2.45. The molecular weight excluding hydrogens is 612 g/mol. The Morgan fingerprint density at radius 1 is 0.673 bits per heavy atom. The van der Waals surface area contributed by atoms with Crippen molar-refractivity contribution in [3.8, 4) is 0 Å². The third-order valence-electron chi connectivity index (χ3n) is 9.10. The van der Waals surface area contributed by atoms with E-state index in [1.54, 1.807) is 6.08 Å². The van der Waals surface area contributed by atoms with Crippen molar-refractivity contribution in [1.29, 1.82) is 0 Å². The molecule has 1 N–H and O–H groups in total. The van der Waals surface area contributed by atoms with E-state index in [-0.39, 0.29) is 13.2 Å². The predicted molar refractivity (Wildman–Crippen MR) is 194 cm³/mol. The number of aliphatic hydroxyl groups excluding tert-OH is 1. The Bertz CT molecular complexity index is 1370. The maximum absolute atomic E-state index is 11.9. The van der Waals surface area contributed by atoms with Gasteiger partial charge in [-0.2, -0.15) is 0 Å². The van der Waals surface area contributed by atoms with Crippen molar-refractivity contribution in [3.05, 3.63) is 156 Å². The molecular formula is C43H52O6. The number of aliphatic hydroxyl groups is 1. The van der Waals surface area contributed by atoms with E-state index in [0.717, 1.165) is 35.1 Å². The van der Waals surface area contributed by atoms with Gasteiger partial charge < -0.3 is 28.8 Å². The van der Waals surface area contributed by atoms with Crippen LogP contribution in [0.1, 0.15) is 67.7 Å². The van der Waals surface area contributed by atoms with Crippen LogP contribution in [0.25, 0.3) is 0 Å². The van der Waals surface area contributed by atoms with Crippen molar-refractivity contribution in [2.75, 3.05) is 19.8 Å². The summed E-state index contributed by atoms with van der Waals surface area (Å²) in [6, 6.07) is 40.5. The molecule has 0 spiro atoms. The summed E-state index contributed by atoms with van der Waals surface area (Å²) in [5.41, 5.74) is 2.95. The fourth-order valence-corrected chi connectivity index (χ4v) is 6.53. The average Bonchev–Trinajstić information content (AvgIpc) is 3.16. The van der Waals surface area contributed by atoms with E-state index in [2.05, 4.69) is 49.9 Å². The quantitative estimate of drug-likeness (QED) is 0.0580. The predicted octanol–water partition coefficient (Wildman–Crippen LogP) is 8.61. The molecule has 4 aromatic rings. The first-order valence-corrected chi connectivity index (χ1v) is 17.8. The Labute approximate surface area is 292 Å².